The minimum Gasteiger partial charge on any atom is -0.460 e. The van der Waals surface area contributed by atoms with Crippen molar-refractivity contribution >= 4 is 5.97 Å². The van der Waals surface area contributed by atoms with E-state index < -0.39 is 5.41 Å². The first-order chi connectivity index (χ1) is 14.3. The van der Waals surface area contributed by atoms with E-state index in [-0.39, 0.29) is 12.6 Å². The molecule has 0 radical (unpaired) electrons. The Morgan fingerprint density at radius 3 is 1.28 bits per heavy atom. The maximum atomic E-state index is 13.8. The molecule has 2 nitrogen and oxygen atoms in total. The van der Waals surface area contributed by atoms with Gasteiger partial charge in [0.2, 0.25) is 0 Å². The Kier molecular flexibility index (Phi) is 5.53. The molecule has 2 heteroatoms. The van der Waals surface area contributed by atoms with Crippen LogP contribution in [-0.2, 0) is 21.6 Å². The first-order valence-electron chi connectivity index (χ1n) is 9.69. The highest BCUT2D eigenvalue weighted by Crippen LogP contribution is 2.40. The Balaban J connectivity index is 1.87. The number of carbonyl (C=O) groups excluding carboxylic acids is 1. The van der Waals surface area contributed by atoms with E-state index in [1.165, 1.54) is 0 Å². The molecule has 4 rings (SSSR count). The second-order valence-electron chi connectivity index (χ2n) is 6.91. The van der Waals surface area contributed by atoms with Crippen molar-refractivity contribution in [3.05, 3.63) is 144 Å². The van der Waals surface area contributed by atoms with Crippen molar-refractivity contribution in [1.82, 2.24) is 0 Å². The zero-order valence-electron chi connectivity index (χ0n) is 16.1. The second kappa shape index (κ2) is 8.57. The quantitative estimate of drug-likeness (QED) is 0.315. The van der Waals surface area contributed by atoms with E-state index in [2.05, 4.69) is 0 Å². The van der Waals surface area contributed by atoms with Crippen molar-refractivity contribution < 1.29 is 9.53 Å². The van der Waals surface area contributed by atoms with Crippen molar-refractivity contribution in [2.45, 2.75) is 12.0 Å². The number of hydrogen-bond donors (Lipinski definition) is 0. The average molecular weight is 378 g/mol. The van der Waals surface area contributed by atoms with Gasteiger partial charge in [-0.1, -0.05) is 121 Å². The minimum absolute atomic E-state index is 0.230. The number of benzene rings is 4. The SMILES string of the molecule is O=C(OCc1ccccc1)C(c1ccccc1)(c1ccccc1)c1ccccc1. The fourth-order valence-corrected chi connectivity index (χ4v) is 3.75. The molecular weight excluding hydrogens is 356 g/mol. The van der Waals surface area contributed by atoms with E-state index in [1.54, 1.807) is 0 Å². The van der Waals surface area contributed by atoms with Crippen molar-refractivity contribution in [3.8, 4) is 0 Å². The van der Waals surface area contributed by atoms with Crippen LogP contribution in [0.1, 0.15) is 22.3 Å². The van der Waals surface area contributed by atoms with Gasteiger partial charge in [-0.25, -0.2) is 0 Å². The molecule has 0 bridgehead atoms. The van der Waals surface area contributed by atoms with Crippen LogP contribution in [0.25, 0.3) is 0 Å². The van der Waals surface area contributed by atoms with Crippen molar-refractivity contribution in [2.75, 3.05) is 0 Å². The van der Waals surface area contributed by atoms with Gasteiger partial charge in [0.15, 0.2) is 0 Å². The van der Waals surface area contributed by atoms with Crippen LogP contribution in [-0.4, -0.2) is 5.97 Å². The molecule has 0 aromatic heterocycles. The molecule has 0 saturated heterocycles. The number of carbonyl (C=O) groups is 1. The van der Waals surface area contributed by atoms with Gasteiger partial charge in [-0.3, -0.25) is 4.79 Å². The van der Waals surface area contributed by atoms with Gasteiger partial charge >= 0.3 is 5.97 Å². The van der Waals surface area contributed by atoms with E-state index >= 15 is 0 Å². The highest BCUT2D eigenvalue weighted by molar-refractivity contribution is 5.92. The van der Waals surface area contributed by atoms with Gasteiger partial charge in [0.05, 0.1) is 0 Å². The molecule has 0 saturated carbocycles. The van der Waals surface area contributed by atoms with Crippen LogP contribution < -0.4 is 0 Å². The van der Waals surface area contributed by atoms with E-state index in [9.17, 15) is 4.79 Å². The van der Waals surface area contributed by atoms with Gasteiger partial charge in [-0.2, -0.15) is 0 Å². The van der Waals surface area contributed by atoms with Gasteiger partial charge in [0.25, 0.3) is 0 Å². The second-order valence-corrected chi connectivity index (χ2v) is 6.91. The summed E-state index contributed by atoms with van der Waals surface area (Å²) in [5.41, 5.74) is 2.57. The average Bonchev–Trinajstić information content (AvgIpc) is 2.81. The normalized spacial score (nSPS) is 11.0. The molecule has 0 amide bonds. The third-order valence-corrected chi connectivity index (χ3v) is 5.14. The van der Waals surface area contributed by atoms with Crippen molar-refractivity contribution in [2.24, 2.45) is 0 Å². The molecule has 0 aliphatic rings. The zero-order valence-corrected chi connectivity index (χ0v) is 16.1. The summed E-state index contributed by atoms with van der Waals surface area (Å²) in [6, 6.07) is 39.3. The lowest BCUT2D eigenvalue weighted by Gasteiger charge is -2.33. The lowest BCUT2D eigenvalue weighted by molar-refractivity contribution is -0.148. The van der Waals surface area contributed by atoms with Gasteiger partial charge in [-0.05, 0) is 22.3 Å². The first kappa shape index (κ1) is 18.7. The summed E-state index contributed by atoms with van der Waals surface area (Å²) in [5.74, 6) is -0.287. The van der Waals surface area contributed by atoms with Crippen LogP contribution in [0.5, 0.6) is 0 Å². The summed E-state index contributed by atoms with van der Waals surface area (Å²) in [5, 5.41) is 0. The Morgan fingerprint density at radius 2 is 0.897 bits per heavy atom. The van der Waals surface area contributed by atoms with Gasteiger partial charge < -0.3 is 4.74 Å². The molecule has 4 aromatic rings. The monoisotopic (exact) mass is 378 g/mol. The van der Waals surface area contributed by atoms with Crippen LogP contribution in [0.15, 0.2) is 121 Å². The molecule has 0 aliphatic heterocycles. The molecule has 29 heavy (non-hydrogen) atoms. The van der Waals surface area contributed by atoms with E-state index in [4.69, 9.17) is 4.74 Å². The Morgan fingerprint density at radius 1 is 0.552 bits per heavy atom. The molecule has 142 valence electrons. The predicted molar refractivity (Wildman–Crippen MR) is 115 cm³/mol. The van der Waals surface area contributed by atoms with Crippen LogP contribution >= 0.6 is 0 Å². The Labute approximate surface area is 171 Å². The Bertz CT molecular complexity index is 946. The molecule has 0 fully saturated rings. The van der Waals surface area contributed by atoms with Crippen LogP contribution in [0.2, 0.25) is 0 Å². The fourth-order valence-electron chi connectivity index (χ4n) is 3.75. The van der Waals surface area contributed by atoms with E-state index in [1.807, 2.05) is 121 Å². The smallest absolute Gasteiger partial charge is 0.325 e. The summed E-state index contributed by atoms with van der Waals surface area (Å²) in [6.45, 7) is 0.230. The van der Waals surface area contributed by atoms with Crippen LogP contribution in [0, 0.1) is 0 Å². The highest BCUT2D eigenvalue weighted by Gasteiger charge is 2.45. The van der Waals surface area contributed by atoms with Crippen LogP contribution in [0.3, 0.4) is 0 Å². The summed E-state index contributed by atoms with van der Waals surface area (Å²) in [6.07, 6.45) is 0. The zero-order chi connectivity index (χ0) is 19.9. The molecule has 4 aromatic carbocycles. The van der Waals surface area contributed by atoms with E-state index in [0.717, 1.165) is 22.3 Å². The molecule has 0 aliphatic carbocycles. The van der Waals surface area contributed by atoms with Crippen molar-refractivity contribution in [1.29, 1.82) is 0 Å². The third kappa shape index (κ3) is 3.70. The lowest BCUT2D eigenvalue weighted by atomic mass is 9.69. The maximum absolute atomic E-state index is 13.8. The summed E-state index contributed by atoms with van der Waals surface area (Å²) >= 11 is 0. The topological polar surface area (TPSA) is 26.3 Å². The summed E-state index contributed by atoms with van der Waals surface area (Å²) in [7, 11) is 0. The van der Waals surface area contributed by atoms with Gasteiger partial charge in [0.1, 0.15) is 12.0 Å². The number of ether oxygens (including phenoxy) is 1. The lowest BCUT2D eigenvalue weighted by Crippen LogP contribution is -2.40. The van der Waals surface area contributed by atoms with E-state index in [0.29, 0.717) is 0 Å². The van der Waals surface area contributed by atoms with Gasteiger partial charge in [-0.15, -0.1) is 0 Å². The highest BCUT2D eigenvalue weighted by atomic mass is 16.5. The Hall–Kier alpha value is -3.65. The molecule has 0 spiro atoms. The largest absolute Gasteiger partial charge is 0.460 e. The molecule has 0 atom stereocenters. The fraction of sp³-hybridized carbons (Fsp3) is 0.0741. The first-order valence-corrected chi connectivity index (χ1v) is 9.69. The number of rotatable bonds is 6. The van der Waals surface area contributed by atoms with Gasteiger partial charge in [0, 0.05) is 0 Å². The molecule has 0 N–H and O–H groups in total. The summed E-state index contributed by atoms with van der Waals surface area (Å²) < 4.78 is 5.92. The standard InChI is InChI=1S/C27H22O2/c28-26(29-21-22-13-5-1-6-14-22)27(23-15-7-2-8-16-23,24-17-9-3-10-18-24)25-19-11-4-12-20-25/h1-20H,21H2. The maximum Gasteiger partial charge on any atom is 0.325 e. The molecule has 0 unspecified atom stereocenters. The third-order valence-electron chi connectivity index (χ3n) is 5.14. The molecule has 0 heterocycles. The number of hydrogen-bond acceptors (Lipinski definition) is 2. The number of esters is 1. The molecular formula is C27H22O2. The van der Waals surface area contributed by atoms with Crippen LogP contribution in [0.4, 0.5) is 0 Å². The predicted octanol–water partition coefficient (Wildman–Crippen LogP) is 5.76. The summed E-state index contributed by atoms with van der Waals surface area (Å²) in [4.78, 5) is 13.8. The minimum atomic E-state index is -1.04. The van der Waals surface area contributed by atoms with Crippen molar-refractivity contribution in [3.63, 3.8) is 0 Å².